The molecule has 3 heterocycles. The molecular formula is C16H17ClN4O6S. The van der Waals surface area contributed by atoms with Gasteiger partial charge in [0.05, 0.1) is 11.2 Å². The number of carboxylic acid groups (broad SMARTS) is 1. The van der Waals surface area contributed by atoms with E-state index in [2.05, 4.69) is 10.4 Å². The summed E-state index contributed by atoms with van der Waals surface area (Å²) in [6.45, 7) is 3.22. The molecule has 3 rings (SSSR count). The number of hydrogen-bond acceptors (Lipinski definition) is 7. The number of aryl methyl sites for hydroxylation is 1. The molecule has 2 N–H and O–H groups in total. The number of hydrogen-bond donors (Lipinski definition) is 2. The lowest BCUT2D eigenvalue weighted by Gasteiger charge is -2.49. The zero-order chi connectivity index (χ0) is 20.6. The standard InChI is InChI=1S/C16H17ClN4O6S/c1-3-20-12(9(17)4-18-20)13(23)19-10-14(24)21-11(16(25)26)8(5-27-7(2)22)6-28-15(10)21/h4,10,15H,3,5-6H2,1-2H3,(H,19,23)(H,25,26)/t10-,15+/m0/s1. The zero-order valence-electron chi connectivity index (χ0n) is 15.0. The van der Waals surface area contributed by atoms with Crippen LogP contribution in [0.4, 0.5) is 0 Å². The predicted molar refractivity (Wildman–Crippen MR) is 98.6 cm³/mol. The van der Waals surface area contributed by atoms with Crippen LogP contribution < -0.4 is 5.32 Å². The number of esters is 1. The summed E-state index contributed by atoms with van der Waals surface area (Å²) in [5.74, 6) is -2.70. The van der Waals surface area contributed by atoms with Gasteiger partial charge in [0.2, 0.25) is 0 Å². The second kappa shape index (κ2) is 7.84. The Morgan fingerprint density at radius 2 is 2.18 bits per heavy atom. The minimum atomic E-state index is -1.29. The van der Waals surface area contributed by atoms with Crippen molar-refractivity contribution in [2.75, 3.05) is 12.4 Å². The smallest absolute Gasteiger partial charge is 0.352 e. The van der Waals surface area contributed by atoms with Crippen LogP contribution in [0.1, 0.15) is 24.3 Å². The Bertz CT molecular complexity index is 898. The molecule has 0 bridgehead atoms. The quantitative estimate of drug-likeness (QED) is 0.494. The van der Waals surface area contributed by atoms with Gasteiger partial charge < -0.3 is 15.2 Å². The van der Waals surface area contributed by atoms with Crippen LogP contribution in [0.3, 0.4) is 0 Å². The molecule has 0 unspecified atom stereocenters. The Balaban J connectivity index is 1.78. The van der Waals surface area contributed by atoms with Crippen LogP contribution in [0.15, 0.2) is 17.5 Å². The van der Waals surface area contributed by atoms with Crippen LogP contribution in [0.25, 0.3) is 0 Å². The Morgan fingerprint density at radius 3 is 2.79 bits per heavy atom. The minimum Gasteiger partial charge on any atom is -0.477 e. The van der Waals surface area contributed by atoms with E-state index in [1.54, 1.807) is 6.92 Å². The second-order valence-electron chi connectivity index (χ2n) is 6.06. The number of thioether (sulfide) groups is 1. The molecule has 150 valence electrons. The van der Waals surface area contributed by atoms with E-state index in [1.165, 1.54) is 29.6 Å². The van der Waals surface area contributed by atoms with Gasteiger partial charge in [-0.15, -0.1) is 11.8 Å². The molecule has 2 amide bonds. The highest BCUT2D eigenvalue weighted by Crippen LogP contribution is 2.40. The summed E-state index contributed by atoms with van der Waals surface area (Å²) in [4.78, 5) is 48.9. The zero-order valence-corrected chi connectivity index (χ0v) is 16.5. The summed E-state index contributed by atoms with van der Waals surface area (Å²) >= 11 is 7.29. The number of aromatic nitrogens is 2. The van der Waals surface area contributed by atoms with Crippen molar-refractivity contribution in [3.05, 3.63) is 28.2 Å². The van der Waals surface area contributed by atoms with Crippen LogP contribution in [-0.4, -0.2) is 67.3 Å². The molecule has 1 saturated heterocycles. The molecule has 28 heavy (non-hydrogen) atoms. The summed E-state index contributed by atoms with van der Waals surface area (Å²) in [5, 5.41) is 15.7. The maximum Gasteiger partial charge on any atom is 0.352 e. The Hall–Kier alpha value is -2.53. The average Bonchev–Trinajstić information content (AvgIpc) is 3.03. The van der Waals surface area contributed by atoms with Crippen LogP contribution in [0.2, 0.25) is 5.02 Å². The van der Waals surface area contributed by atoms with Gasteiger partial charge in [0.25, 0.3) is 11.8 Å². The first-order chi connectivity index (χ1) is 13.3. The third kappa shape index (κ3) is 3.47. The summed E-state index contributed by atoms with van der Waals surface area (Å²) in [5.41, 5.74) is 0.257. The van der Waals surface area contributed by atoms with Crippen molar-refractivity contribution in [1.29, 1.82) is 0 Å². The van der Waals surface area contributed by atoms with Gasteiger partial charge in [0.15, 0.2) is 0 Å². The monoisotopic (exact) mass is 428 g/mol. The van der Waals surface area contributed by atoms with Crippen LogP contribution in [0.5, 0.6) is 0 Å². The average molecular weight is 429 g/mol. The van der Waals surface area contributed by atoms with Gasteiger partial charge in [-0.25, -0.2) is 4.79 Å². The van der Waals surface area contributed by atoms with Crippen molar-refractivity contribution >= 4 is 47.1 Å². The summed E-state index contributed by atoms with van der Waals surface area (Å²) in [7, 11) is 0. The fraction of sp³-hybridized carbons (Fsp3) is 0.438. The van der Waals surface area contributed by atoms with Crippen molar-refractivity contribution < 1.29 is 29.0 Å². The SMILES string of the molecule is CCn1ncc(Cl)c1C(=O)N[C@H]1C(=O)N2C(C(=O)O)=C(COC(C)=O)CS[C@H]12. The van der Waals surface area contributed by atoms with E-state index < -0.39 is 35.2 Å². The topological polar surface area (TPSA) is 131 Å². The Labute approximate surface area is 168 Å². The second-order valence-corrected chi connectivity index (χ2v) is 7.57. The molecule has 12 heteroatoms. The van der Waals surface area contributed by atoms with Gasteiger partial charge in [-0.2, -0.15) is 5.10 Å². The van der Waals surface area contributed by atoms with Gasteiger partial charge in [0, 0.05) is 24.8 Å². The third-order valence-corrected chi connectivity index (χ3v) is 5.91. The molecule has 1 aromatic heterocycles. The van der Waals surface area contributed by atoms with Crippen molar-refractivity contribution in [1.82, 2.24) is 20.0 Å². The Morgan fingerprint density at radius 1 is 1.46 bits per heavy atom. The van der Waals surface area contributed by atoms with Crippen LogP contribution in [0, 0.1) is 0 Å². The Kier molecular flexibility index (Phi) is 5.66. The van der Waals surface area contributed by atoms with Gasteiger partial charge in [-0.1, -0.05) is 11.6 Å². The molecule has 2 aliphatic heterocycles. The lowest BCUT2D eigenvalue weighted by atomic mass is 10.0. The van der Waals surface area contributed by atoms with E-state index in [1.807, 2.05) is 0 Å². The minimum absolute atomic E-state index is 0.140. The lowest BCUT2D eigenvalue weighted by molar-refractivity contribution is -0.149. The molecule has 1 fully saturated rings. The number of nitrogens with one attached hydrogen (secondary N) is 1. The highest BCUT2D eigenvalue weighted by atomic mass is 35.5. The molecule has 2 atom stereocenters. The predicted octanol–water partition coefficient (Wildman–Crippen LogP) is 0.472. The third-order valence-electron chi connectivity index (χ3n) is 4.30. The number of fused-ring (bicyclic) bond motifs is 1. The number of rotatable bonds is 6. The van der Waals surface area contributed by atoms with Gasteiger partial charge in [-0.3, -0.25) is 24.0 Å². The van der Waals surface area contributed by atoms with E-state index in [9.17, 15) is 24.3 Å². The number of carbonyl (C=O) groups is 4. The van der Waals surface area contributed by atoms with Gasteiger partial charge in [-0.05, 0) is 6.92 Å². The van der Waals surface area contributed by atoms with Crippen molar-refractivity contribution in [3.8, 4) is 0 Å². The van der Waals surface area contributed by atoms with E-state index in [4.69, 9.17) is 16.3 Å². The number of β-lactam (4-membered cyclic amide) rings is 1. The van der Waals surface area contributed by atoms with Crippen molar-refractivity contribution in [2.45, 2.75) is 31.8 Å². The normalized spacial score (nSPS) is 21.1. The number of amides is 2. The fourth-order valence-corrected chi connectivity index (χ4v) is 4.57. The molecule has 2 aliphatic rings. The first-order valence-electron chi connectivity index (χ1n) is 8.31. The van der Waals surface area contributed by atoms with Crippen LogP contribution in [-0.2, 0) is 25.7 Å². The molecule has 0 spiro atoms. The first kappa shape index (κ1) is 20.2. The van der Waals surface area contributed by atoms with Gasteiger partial charge >= 0.3 is 11.9 Å². The maximum atomic E-state index is 12.6. The van der Waals surface area contributed by atoms with E-state index >= 15 is 0 Å². The molecule has 0 aliphatic carbocycles. The van der Waals surface area contributed by atoms with Crippen molar-refractivity contribution in [3.63, 3.8) is 0 Å². The molecule has 0 saturated carbocycles. The van der Waals surface area contributed by atoms with Crippen molar-refractivity contribution in [2.24, 2.45) is 0 Å². The highest BCUT2D eigenvalue weighted by molar-refractivity contribution is 8.00. The van der Waals surface area contributed by atoms with E-state index in [0.29, 0.717) is 12.1 Å². The number of carboxylic acids is 1. The highest BCUT2D eigenvalue weighted by Gasteiger charge is 2.54. The van der Waals surface area contributed by atoms with Gasteiger partial charge in [0.1, 0.15) is 29.4 Å². The number of aliphatic carboxylic acids is 1. The molecule has 10 nitrogen and oxygen atoms in total. The summed E-state index contributed by atoms with van der Waals surface area (Å²) < 4.78 is 6.29. The first-order valence-corrected chi connectivity index (χ1v) is 9.74. The van der Waals surface area contributed by atoms with E-state index in [0.717, 1.165) is 4.90 Å². The van der Waals surface area contributed by atoms with Crippen LogP contribution >= 0.6 is 23.4 Å². The molecular weight excluding hydrogens is 412 g/mol. The largest absolute Gasteiger partial charge is 0.477 e. The fourth-order valence-electron chi connectivity index (χ4n) is 3.02. The molecule has 0 aromatic carbocycles. The molecule has 1 aromatic rings. The number of halogens is 1. The lowest BCUT2D eigenvalue weighted by Crippen LogP contribution is -2.70. The maximum absolute atomic E-state index is 12.6. The number of carbonyl (C=O) groups excluding carboxylic acids is 3. The number of ether oxygens (including phenoxy) is 1. The van der Waals surface area contributed by atoms with E-state index in [-0.39, 0.29) is 28.8 Å². The summed E-state index contributed by atoms with van der Waals surface area (Å²) in [6.07, 6.45) is 1.34. The number of nitrogens with zero attached hydrogens (tertiary/aromatic N) is 3. The molecule has 0 radical (unpaired) electrons. The summed E-state index contributed by atoms with van der Waals surface area (Å²) in [6, 6.07) is -0.890.